The highest BCUT2D eigenvalue weighted by atomic mass is 19.4. The van der Waals surface area contributed by atoms with E-state index in [1.54, 1.807) is 19.1 Å². The molecule has 0 radical (unpaired) electrons. The van der Waals surface area contributed by atoms with E-state index in [1.807, 2.05) is 0 Å². The molecule has 0 aliphatic rings. The van der Waals surface area contributed by atoms with Crippen LogP contribution in [-0.2, 0) is 0 Å². The summed E-state index contributed by atoms with van der Waals surface area (Å²) in [5.74, 6) is -0.301. The van der Waals surface area contributed by atoms with Gasteiger partial charge in [-0.15, -0.1) is 0 Å². The fourth-order valence-electron chi connectivity index (χ4n) is 1.80. The smallest absolute Gasteiger partial charge is 0.408 e. The number of alkyl halides is 3. The molecule has 0 heterocycles. The third-order valence-corrected chi connectivity index (χ3v) is 3.00. The molecular weight excluding hydrogens is 259 g/mol. The van der Waals surface area contributed by atoms with Gasteiger partial charge in [-0.1, -0.05) is 6.92 Å². The van der Waals surface area contributed by atoms with E-state index in [9.17, 15) is 13.2 Å². The molecule has 0 saturated carbocycles. The first-order chi connectivity index (χ1) is 8.92. The van der Waals surface area contributed by atoms with Crippen molar-refractivity contribution in [3.05, 3.63) is 24.3 Å². The van der Waals surface area contributed by atoms with Crippen molar-refractivity contribution in [2.24, 2.45) is 5.92 Å². The van der Waals surface area contributed by atoms with Crippen molar-refractivity contribution < 1.29 is 23.0 Å². The minimum absolute atomic E-state index is 0.240. The Morgan fingerprint density at radius 2 is 1.84 bits per heavy atom. The highest BCUT2D eigenvalue weighted by molar-refractivity contribution is 5.47. The number of hydrogen-bond acceptors (Lipinski definition) is 3. The second-order valence-corrected chi connectivity index (χ2v) is 4.24. The van der Waals surface area contributed by atoms with Gasteiger partial charge >= 0.3 is 6.18 Å². The third-order valence-electron chi connectivity index (χ3n) is 3.00. The summed E-state index contributed by atoms with van der Waals surface area (Å²) in [6.45, 7) is 1.11. The van der Waals surface area contributed by atoms with E-state index >= 15 is 0 Å². The number of anilines is 1. The summed E-state index contributed by atoms with van der Waals surface area (Å²) in [7, 11) is 1.49. The lowest BCUT2D eigenvalue weighted by Crippen LogP contribution is -2.43. The fourth-order valence-corrected chi connectivity index (χ4v) is 1.80. The molecule has 108 valence electrons. The SMILES string of the molecule is CC[C@@H](CO)[C@H](Nc1ccc(OC)cc1)C(F)(F)F. The summed E-state index contributed by atoms with van der Waals surface area (Å²) in [6.07, 6.45) is -4.17. The van der Waals surface area contributed by atoms with Crippen molar-refractivity contribution in [3.8, 4) is 5.75 Å². The molecule has 1 aromatic carbocycles. The molecule has 0 spiro atoms. The van der Waals surface area contributed by atoms with Crippen LogP contribution in [0.15, 0.2) is 24.3 Å². The molecule has 0 unspecified atom stereocenters. The molecule has 6 heteroatoms. The molecule has 0 fully saturated rings. The summed E-state index contributed by atoms with van der Waals surface area (Å²) in [4.78, 5) is 0. The number of hydrogen-bond donors (Lipinski definition) is 2. The second-order valence-electron chi connectivity index (χ2n) is 4.24. The van der Waals surface area contributed by atoms with Gasteiger partial charge in [-0.2, -0.15) is 13.2 Å². The minimum Gasteiger partial charge on any atom is -0.497 e. The van der Waals surface area contributed by atoms with Crippen LogP contribution in [0.2, 0.25) is 0 Å². The second kappa shape index (κ2) is 6.65. The highest BCUT2D eigenvalue weighted by Crippen LogP contribution is 2.30. The molecule has 0 aliphatic carbocycles. The number of rotatable bonds is 6. The normalized spacial score (nSPS) is 14.8. The minimum atomic E-state index is -4.41. The lowest BCUT2D eigenvalue weighted by molar-refractivity contribution is -0.156. The molecule has 0 amide bonds. The van der Waals surface area contributed by atoms with E-state index in [0.29, 0.717) is 11.4 Å². The van der Waals surface area contributed by atoms with Gasteiger partial charge in [0.25, 0.3) is 0 Å². The van der Waals surface area contributed by atoms with Crippen LogP contribution in [0.5, 0.6) is 5.75 Å². The molecule has 2 N–H and O–H groups in total. The number of ether oxygens (including phenoxy) is 1. The maximum absolute atomic E-state index is 13.0. The van der Waals surface area contributed by atoms with Gasteiger partial charge in [0.05, 0.1) is 7.11 Å². The van der Waals surface area contributed by atoms with Crippen molar-refractivity contribution in [1.82, 2.24) is 0 Å². The largest absolute Gasteiger partial charge is 0.497 e. The zero-order chi connectivity index (χ0) is 14.5. The quantitative estimate of drug-likeness (QED) is 0.839. The van der Waals surface area contributed by atoms with Crippen LogP contribution in [0.3, 0.4) is 0 Å². The van der Waals surface area contributed by atoms with Crippen LogP contribution < -0.4 is 10.1 Å². The predicted octanol–water partition coefficient (Wildman–Crippen LogP) is 3.06. The van der Waals surface area contributed by atoms with Crippen molar-refractivity contribution in [2.45, 2.75) is 25.6 Å². The monoisotopic (exact) mass is 277 g/mol. The Hall–Kier alpha value is -1.43. The average molecular weight is 277 g/mol. The van der Waals surface area contributed by atoms with Crippen molar-refractivity contribution in [2.75, 3.05) is 19.0 Å². The van der Waals surface area contributed by atoms with E-state index in [0.717, 1.165) is 0 Å². The van der Waals surface area contributed by atoms with Crippen molar-refractivity contribution in [1.29, 1.82) is 0 Å². The van der Waals surface area contributed by atoms with E-state index in [2.05, 4.69) is 5.32 Å². The van der Waals surface area contributed by atoms with Gasteiger partial charge in [-0.3, -0.25) is 0 Å². The molecule has 0 bridgehead atoms. The topological polar surface area (TPSA) is 41.5 Å². The Kier molecular flexibility index (Phi) is 5.47. The number of aliphatic hydroxyl groups is 1. The van der Waals surface area contributed by atoms with Crippen LogP contribution in [0.25, 0.3) is 0 Å². The standard InChI is InChI=1S/C13H18F3NO2/c1-3-9(8-18)12(13(14,15)16)17-10-4-6-11(19-2)7-5-10/h4-7,9,12,17-18H,3,8H2,1-2H3/t9-,12-/m0/s1. The highest BCUT2D eigenvalue weighted by Gasteiger charge is 2.43. The van der Waals surface area contributed by atoms with E-state index in [1.165, 1.54) is 19.2 Å². The molecule has 1 aromatic rings. The first kappa shape index (κ1) is 15.6. The van der Waals surface area contributed by atoms with Gasteiger partial charge in [0.2, 0.25) is 0 Å². The van der Waals surface area contributed by atoms with Crippen LogP contribution in [0.4, 0.5) is 18.9 Å². The zero-order valence-corrected chi connectivity index (χ0v) is 10.9. The predicted molar refractivity (Wildman–Crippen MR) is 67.3 cm³/mol. The van der Waals surface area contributed by atoms with Gasteiger partial charge in [0.1, 0.15) is 11.8 Å². The van der Waals surface area contributed by atoms with Crippen LogP contribution >= 0.6 is 0 Å². The molecule has 3 nitrogen and oxygen atoms in total. The molecule has 0 aromatic heterocycles. The molecule has 0 aliphatic heterocycles. The Morgan fingerprint density at radius 3 is 2.21 bits per heavy atom. The lowest BCUT2D eigenvalue weighted by atomic mass is 9.97. The summed E-state index contributed by atoms with van der Waals surface area (Å²) in [6, 6.07) is 4.42. The Bertz CT molecular complexity index is 374. The summed E-state index contributed by atoms with van der Waals surface area (Å²) in [5.41, 5.74) is 0.343. The number of nitrogens with one attached hydrogen (secondary N) is 1. The van der Waals surface area contributed by atoms with E-state index < -0.39 is 24.7 Å². The van der Waals surface area contributed by atoms with Gasteiger partial charge in [0, 0.05) is 18.2 Å². The van der Waals surface area contributed by atoms with E-state index in [4.69, 9.17) is 9.84 Å². The Balaban J connectivity index is 2.87. The first-order valence-electron chi connectivity index (χ1n) is 6.00. The van der Waals surface area contributed by atoms with Gasteiger partial charge in [0.15, 0.2) is 0 Å². The van der Waals surface area contributed by atoms with Crippen molar-refractivity contribution >= 4 is 5.69 Å². The molecule has 19 heavy (non-hydrogen) atoms. The van der Waals surface area contributed by atoms with E-state index in [-0.39, 0.29) is 6.42 Å². The lowest BCUT2D eigenvalue weighted by Gasteiger charge is -2.28. The van der Waals surface area contributed by atoms with Crippen LogP contribution in [0.1, 0.15) is 13.3 Å². The number of halogens is 3. The molecular formula is C13H18F3NO2. The van der Waals surface area contributed by atoms with Gasteiger partial charge < -0.3 is 15.2 Å². The Morgan fingerprint density at radius 1 is 1.26 bits per heavy atom. The van der Waals surface area contributed by atoms with Gasteiger partial charge in [-0.05, 0) is 30.7 Å². The first-order valence-corrected chi connectivity index (χ1v) is 6.00. The molecule has 2 atom stereocenters. The fraction of sp³-hybridized carbons (Fsp3) is 0.538. The maximum atomic E-state index is 13.0. The molecule has 1 rings (SSSR count). The average Bonchev–Trinajstić information content (AvgIpc) is 2.38. The summed E-state index contributed by atoms with van der Waals surface area (Å²) >= 11 is 0. The van der Waals surface area contributed by atoms with Crippen LogP contribution in [0, 0.1) is 5.92 Å². The number of methoxy groups -OCH3 is 1. The van der Waals surface area contributed by atoms with Crippen LogP contribution in [-0.4, -0.2) is 31.0 Å². The summed E-state index contributed by atoms with van der Waals surface area (Å²) in [5, 5.41) is 11.5. The third kappa shape index (κ3) is 4.31. The Labute approximate surface area is 110 Å². The van der Waals surface area contributed by atoms with Gasteiger partial charge in [-0.25, -0.2) is 0 Å². The van der Waals surface area contributed by atoms with Crippen molar-refractivity contribution in [3.63, 3.8) is 0 Å². The maximum Gasteiger partial charge on any atom is 0.408 e. The number of aliphatic hydroxyl groups excluding tert-OH is 1. The molecule has 0 saturated heterocycles. The zero-order valence-electron chi connectivity index (χ0n) is 10.9. The summed E-state index contributed by atoms with van der Waals surface area (Å²) < 4.78 is 43.9. The number of benzene rings is 1.